The van der Waals surface area contributed by atoms with Gasteiger partial charge in [-0.3, -0.25) is 4.79 Å². The van der Waals surface area contributed by atoms with Gasteiger partial charge in [-0.05, 0) is 17.7 Å². The molecule has 0 aromatic heterocycles. The number of rotatable bonds is 1. The number of halogens is 8. The minimum atomic E-state index is -4.42. The van der Waals surface area contributed by atoms with Gasteiger partial charge in [0.2, 0.25) is 11.5 Å². The quantitative estimate of drug-likeness (QED) is 0.501. The number of ketones is 1. The average Bonchev–Trinajstić information content (AvgIpc) is 2.49. The molecule has 124 valence electrons. The Kier molecular flexibility index (Phi) is 3.22. The molecule has 0 N–H and O–H groups in total. The van der Waals surface area contributed by atoms with E-state index in [0.29, 0.717) is 0 Å². The molecule has 0 amide bonds. The molecular formula is C14H6Cl2F6O. The normalized spacial score (nSPS) is 43.2. The number of Topliss-reactive ketones (excluding diaryl/α,β-unsaturated/α-hetero) is 1. The van der Waals surface area contributed by atoms with Crippen LogP contribution < -0.4 is 0 Å². The summed E-state index contributed by atoms with van der Waals surface area (Å²) in [4.78, 5) is 11.8. The second kappa shape index (κ2) is 4.45. The molecule has 0 heterocycles. The lowest BCUT2D eigenvalue weighted by Gasteiger charge is -2.53. The fourth-order valence-corrected chi connectivity index (χ4v) is 3.38. The molecule has 3 aliphatic rings. The largest absolute Gasteiger partial charge is 0.290 e. The SMILES string of the molecule is O=C1[C@@]2(F)C(F)=C(F)[C@](F)(C[C@]2(F)c2ccc(Cl)cc2)[C@@]1(F)Cl. The number of alkyl halides is 5. The van der Waals surface area contributed by atoms with Crippen molar-refractivity contribution in [3.05, 3.63) is 46.5 Å². The van der Waals surface area contributed by atoms with Gasteiger partial charge in [-0.1, -0.05) is 35.3 Å². The zero-order valence-electron chi connectivity index (χ0n) is 10.9. The van der Waals surface area contributed by atoms with Crippen LogP contribution in [-0.2, 0) is 10.5 Å². The maximum atomic E-state index is 15.2. The smallest absolute Gasteiger partial charge is 0.285 e. The predicted molar refractivity (Wildman–Crippen MR) is 70.5 cm³/mol. The number of benzene rings is 1. The first-order valence-corrected chi connectivity index (χ1v) is 7.00. The first-order chi connectivity index (χ1) is 10.4. The van der Waals surface area contributed by atoms with Crippen molar-refractivity contribution in [3.63, 3.8) is 0 Å². The third-order valence-electron chi connectivity index (χ3n) is 4.27. The van der Waals surface area contributed by atoms with Crippen molar-refractivity contribution in [2.75, 3.05) is 0 Å². The highest BCUT2D eigenvalue weighted by atomic mass is 35.5. The first kappa shape index (κ1) is 16.6. The summed E-state index contributed by atoms with van der Waals surface area (Å²) >= 11 is 10.6. The van der Waals surface area contributed by atoms with E-state index in [2.05, 4.69) is 0 Å². The Labute approximate surface area is 135 Å². The Balaban J connectivity index is 2.33. The molecule has 0 radical (unpaired) electrons. The van der Waals surface area contributed by atoms with E-state index in [1.807, 2.05) is 0 Å². The van der Waals surface area contributed by atoms with E-state index in [-0.39, 0.29) is 5.02 Å². The number of carbonyl (C=O) groups excluding carboxylic acids is 1. The Hall–Kier alpha value is -1.21. The molecule has 0 spiro atoms. The third-order valence-corrected chi connectivity index (χ3v) is 5.00. The topological polar surface area (TPSA) is 17.1 Å². The molecule has 1 aromatic rings. The molecule has 1 saturated carbocycles. The Morgan fingerprint density at radius 3 is 1.96 bits per heavy atom. The molecule has 0 saturated heterocycles. The van der Waals surface area contributed by atoms with Gasteiger partial charge in [0.25, 0.3) is 10.8 Å². The molecule has 2 bridgehead atoms. The van der Waals surface area contributed by atoms with Gasteiger partial charge in [0.15, 0.2) is 17.3 Å². The maximum absolute atomic E-state index is 15.2. The van der Waals surface area contributed by atoms with E-state index in [1.165, 1.54) is 0 Å². The summed E-state index contributed by atoms with van der Waals surface area (Å²) in [5, 5.41) is -4.17. The highest BCUT2D eigenvalue weighted by Crippen LogP contribution is 2.67. The number of carbonyl (C=O) groups is 1. The van der Waals surface area contributed by atoms with Crippen molar-refractivity contribution >= 4 is 29.0 Å². The van der Waals surface area contributed by atoms with Crippen LogP contribution in [0.4, 0.5) is 26.3 Å². The van der Waals surface area contributed by atoms with E-state index >= 15 is 4.39 Å². The molecule has 9 heteroatoms. The number of hydrogen-bond acceptors (Lipinski definition) is 1. The first-order valence-electron chi connectivity index (χ1n) is 6.24. The highest BCUT2D eigenvalue weighted by Gasteiger charge is 2.85. The van der Waals surface area contributed by atoms with Crippen molar-refractivity contribution in [2.24, 2.45) is 0 Å². The van der Waals surface area contributed by atoms with Gasteiger partial charge >= 0.3 is 0 Å². The Morgan fingerprint density at radius 1 is 0.913 bits per heavy atom. The molecule has 4 atom stereocenters. The zero-order chi connectivity index (χ0) is 17.4. The van der Waals surface area contributed by atoms with Crippen LogP contribution in [0.2, 0.25) is 5.02 Å². The van der Waals surface area contributed by atoms with Crippen molar-refractivity contribution in [1.29, 1.82) is 0 Å². The highest BCUT2D eigenvalue weighted by molar-refractivity contribution is 6.37. The summed E-state index contributed by atoms with van der Waals surface area (Å²) in [6.45, 7) is 0. The lowest BCUT2D eigenvalue weighted by atomic mass is 9.58. The van der Waals surface area contributed by atoms with Crippen LogP contribution in [0.1, 0.15) is 12.0 Å². The van der Waals surface area contributed by atoms with Crippen molar-refractivity contribution in [2.45, 2.75) is 28.6 Å². The Bertz CT molecular complexity index is 748. The molecule has 0 unspecified atom stereocenters. The fourth-order valence-electron chi connectivity index (χ4n) is 2.97. The van der Waals surface area contributed by atoms with Crippen LogP contribution in [0.15, 0.2) is 35.9 Å². The van der Waals surface area contributed by atoms with Gasteiger partial charge in [0.1, 0.15) is 0 Å². The van der Waals surface area contributed by atoms with E-state index in [1.54, 1.807) is 0 Å². The lowest BCUT2D eigenvalue weighted by molar-refractivity contribution is -0.189. The van der Waals surface area contributed by atoms with Crippen molar-refractivity contribution in [1.82, 2.24) is 0 Å². The molecule has 3 aliphatic carbocycles. The lowest BCUT2D eigenvalue weighted by Crippen LogP contribution is -2.74. The predicted octanol–water partition coefficient (Wildman–Crippen LogP) is 4.96. The summed E-state index contributed by atoms with van der Waals surface area (Å²) in [6.07, 6.45) is -1.84. The van der Waals surface area contributed by atoms with Gasteiger partial charge in [-0.15, -0.1) is 0 Å². The Morgan fingerprint density at radius 2 is 1.43 bits per heavy atom. The maximum Gasteiger partial charge on any atom is 0.285 e. The molecule has 4 rings (SSSR count). The molecule has 1 nitrogen and oxygen atoms in total. The van der Waals surface area contributed by atoms with Crippen molar-refractivity contribution < 1.29 is 31.1 Å². The number of hydrogen-bond donors (Lipinski definition) is 0. The minimum absolute atomic E-state index is 0.0897. The van der Waals surface area contributed by atoms with Gasteiger partial charge in [0.05, 0.1) is 0 Å². The van der Waals surface area contributed by atoms with Gasteiger partial charge in [0, 0.05) is 11.4 Å². The zero-order valence-corrected chi connectivity index (χ0v) is 12.5. The summed E-state index contributed by atoms with van der Waals surface area (Å²) in [5.41, 5.74) is -13.0. The summed E-state index contributed by atoms with van der Waals surface area (Å²) in [7, 11) is 0. The fraction of sp³-hybridized carbons (Fsp3) is 0.357. The van der Waals surface area contributed by atoms with Crippen molar-refractivity contribution in [3.8, 4) is 0 Å². The third kappa shape index (κ3) is 1.65. The van der Waals surface area contributed by atoms with Crippen LogP contribution in [-0.4, -0.2) is 22.2 Å². The number of fused-ring (bicyclic) bond motifs is 2. The van der Waals surface area contributed by atoms with E-state index in [9.17, 15) is 26.7 Å². The summed E-state index contributed by atoms with van der Waals surface area (Å²) < 4.78 is 86.6. The van der Waals surface area contributed by atoms with E-state index < -0.39 is 51.6 Å². The molecule has 1 fully saturated rings. The average molecular weight is 375 g/mol. The van der Waals surface area contributed by atoms with Gasteiger partial charge in [-0.2, -0.15) is 0 Å². The molecular weight excluding hydrogens is 369 g/mol. The van der Waals surface area contributed by atoms with Crippen LogP contribution in [0.3, 0.4) is 0 Å². The summed E-state index contributed by atoms with van der Waals surface area (Å²) in [5.74, 6) is -7.77. The van der Waals surface area contributed by atoms with Gasteiger partial charge in [-0.25, -0.2) is 26.3 Å². The standard InChI is InChI=1S/C14H6Cl2F6O/c15-7-3-1-6(2-4-7)11(19)5-12(20)8(17)9(18)13(11,21)10(23)14(12,16)22/h1-4H,5H2/t11-,12+,13-,14+/m0/s1. The van der Waals surface area contributed by atoms with E-state index in [0.717, 1.165) is 24.3 Å². The monoisotopic (exact) mass is 374 g/mol. The second-order valence-corrected chi connectivity index (χ2v) is 6.43. The second-order valence-electron chi connectivity index (χ2n) is 5.48. The van der Waals surface area contributed by atoms with Gasteiger partial charge < -0.3 is 0 Å². The summed E-state index contributed by atoms with van der Waals surface area (Å²) in [6, 6.07) is 3.86. The molecule has 1 aromatic carbocycles. The van der Waals surface area contributed by atoms with Crippen LogP contribution in [0.25, 0.3) is 0 Å². The van der Waals surface area contributed by atoms with Crippen LogP contribution >= 0.6 is 23.2 Å². The van der Waals surface area contributed by atoms with E-state index in [4.69, 9.17) is 23.2 Å². The van der Waals surface area contributed by atoms with Crippen LogP contribution in [0, 0.1) is 0 Å². The molecule has 23 heavy (non-hydrogen) atoms. The minimum Gasteiger partial charge on any atom is -0.290 e. The number of allylic oxidation sites excluding steroid dienone is 2. The van der Waals surface area contributed by atoms with Crippen LogP contribution in [0.5, 0.6) is 0 Å². The molecule has 0 aliphatic heterocycles.